The second-order valence-corrected chi connectivity index (χ2v) is 4.71. The van der Waals surface area contributed by atoms with E-state index in [0.29, 0.717) is 0 Å². The number of hydrogen-bond donors (Lipinski definition) is 0. The highest BCUT2D eigenvalue weighted by atomic mass is 127. The van der Waals surface area contributed by atoms with Crippen molar-refractivity contribution in [2.75, 3.05) is 0 Å². The maximum Gasteiger partial charge on any atom is 0.0886 e. The molecular formula is C13H11IN2. The quantitative estimate of drug-likeness (QED) is 0.548. The van der Waals surface area contributed by atoms with Gasteiger partial charge in [0, 0.05) is 3.57 Å². The van der Waals surface area contributed by atoms with E-state index < -0.39 is 0 Å². The van der Waals surface area contributed by atoms with Crippen LogP contribution in [0.1, 0.15) is 5.56 Å². The van der Waals surface area contributed by atoms with E-state index >= 15 is 0 Å². The van der Waals surface area contributed by atoms with Gasteiger partial charge in [-0.25, -0.2) is 0 Å². The van der Waals surface area contributed by atoms with Gasteiger partial charge in [0.2, 0.25) is 0 Å². The molecule has 2 rings (SSSR count). The smallest absolute Gasteiger partial charge is 0.0886 e. The van der Waals surface area contributed by atoms with Crippen LogP contribution in [0.2, 0.25) is 0 Å². The Morgan fingerprint density at radius 2 is 1.56 bits per heavy atom. The van der Waals surface area contributed by atoms with Gasteiger partial charge in [-0.05, 0) is 65.4 Å². The van der Waals surface area contributed by atoms with E-state index in [1.54, 1.807) is 0 Å². The molecule has 0 heterocycles. The third kappa shape index (κ3) is 2.88. The topological polar surface area (TPSA) is 24.7 Å². The predicted molar refractivity (Wildman–Crippen MR) is 74.5 cm³/mol. The third-order valence-electron chi connectivity index (χ3n) is 2.22. The van der Waals surface area contributed by atoms with E-state index in [4.69, 9.17) is 0 Å². The first-order chi connectivity index (χ1) is 7.75. The van der Waals surface area contributed by atoms with Crippen LogP contribution in [0.15, 0.2) is 58.8 Å². The molecule has 0 N–H and O–H groups in total. The fourth-order valence-corrected chi connectivity index (χ4v) is 1.65. The zero-order valence-electron chi connectivity index (χ0n) is 8.89. The van der Waals surface area contributed by atoms with Gasteiger partial charge in [0.25, 0.3) is 0 Å². The van der Waals surface area contributed by atoms with E-state index in [2.05, 4.69) is 32.8 Å². The Morgan fingerprint density at radius 3 is 2.25 bits per heavy atom. The Morgan fingerprint density at radius 1 is 0.875 bits per heavy atom. The lowest BCUT2D eigenvalue weighted by Gasteiger charge is -1.97. The van der Waals surface area contributed by atoms with Gasteiger partial charge in [-0.1, -0.05) is 18.2 Å². The van der Waals surface area contributed by atoms with Crippen molar-refractivity contribution in [2.24, 2.45) is 10.2 Å². The van der Waals surface area contributed by atoms with Gasteiger partial charge in [-0.3, -0.25) is 0 Å². The van der Waals surface area contributed by atoms with Crippen molar-refractivity contribution >= 4 is 34.0 Å². The fourth-order valence-electron chi connectivity index (χ4n) is 1.29. The van der Waals surface area contributed by atoms with E-state index in [9.17, 15) is 0 Å². The SMILES string of the molecule is Cc1ccccc1N=Nc1ccc(I)cc1. The van der Waals surface area contributed by atoms with Crippen LogP contribution in [0.3, 0.4) is 0 Å². The van der Waals surface area contributed by atoms with Gasteiger partial charge < -0.3 is 0 Å². The number of benzene rings is 2. The highest BCUT2D eigenvalue weighted by Crippen LogP contribution is 2.21. The molecule has 0 amide bonds. The summed E-state index contributed by atoms with van der Waals surface area (Å²) in [6.45, 7) is 2.03. The fraction of sp³-hybridized carbons (Fsp3) is 0.0769. The Bertz CT molecular complexity index is 504. The Labute approximate surface area is 109 Å². The van der Waals surface area contributed by atoms with Crippen LogP contribution in [-0.4, -0.2) is 0 Å². The molecule has 0 bridgehead atoms. The molecule has 0 atom stereocenters. The predicted octanol–water partition coefficient (Wildman–Crippen LogP) is 5.02. The lowest BCUT2D eigenvalue weighted by molar-refractivity contribution is 1.21. The molecule has 3 heteroatoms. The molecule has 0 unspecified atom stereocenters. The average Bonchev–Trinajstić information content (AvgIpc) is 2.30. The largest absolute Gasteiger partial charge is 0.151 e. The van der Waals surface area contributed by atoms with Crippen molar-refractivity contribution in [3.05, 3.63) is 57.7 Å². The minimum atomic E-state index is 0.878. The van der Waals surface area contributed by atoms with Crippen molar-refractivity contribution in [3.8, 4) is 0 Å². The van der Waals surface area contributed by atoms with E-state index in [-0.39, 0.29) is 0 Å². The third-order valence-corrected chi connectivity index (χ3v) is 2.93. The van der Waals surface area contributed by atoms with Gasteiger partial charge in [0.1, 0.15) is 0 Å². The van der Waals surface area contributed by atoms with Crippen molar-refractivity contribution in [1.82, 2.24) is 0 Å². The molecule has 2 aromatic carbocycles. The Kier molecular flexibility index (Phi) is 3.66. The molecule has 2 aromatic rings. The summed E-state index contributed by atoms with van der Waals surface area (Å²) < 4.78 is 1.20. The summed E-state index contributed by atoms with van der Waals surface area (Å²) in [6.07, 6.45) is 0. The average molecular weight is 322 g/mol. The number of rotatable bonds is 2. The molecule has 0 saturated carbocycles. The van der Waals surface area contributed by atoms with Crippen LogP contribution in [0.25, 0.3) is 0 Å². The minimum Gasteiger partial charge on any atom is -0.151 e. The normalized spacial score (nSPS) is 10.9. The molecule has 2 nitrogen and oxygen atoms in total. The van der Waals surface area contributed by atoms with Crippen molar-refractivity contribution in [1.29, 1.82) is 0 Å². The summed E-state index contributed by atoms with van der Waals surface area (Å²) in [7, 11) is 0. The minimum absolute atomic E-state index is 0.878. The van der Waals surface area contributed by atoms with Gasteiger partial charge in [-0.15, -0.1) is 0 Å². The van der Waals surface area contributed by atoms with Crippen molar-refractivity contribution in [2.45, 2.75) is 6.92 Å². The lowest BCUT2D eigenvalue weighted by atomic mass is 10.2. The molecule has 0 aliphatic rings. The summed E-state index contributed by atoms with van der Waals surface area (Å²) >= 11 is 2.27. The number of hydrogen-bond acceptors (Lipinski definition) is 2. The number of azo groups is 1. The molecule has 0 spiro atoms. The molecule has 0 aliphatic carbocycles. The van der Waals surface area contributed by atoms with E-state index in [1.165, 1.54) is 3.57 Å². The first-order valence-electron chi connectivity index (χ1n) is 4.98. The molecule has 80 valence electrons. The summed E-state index contributed by atoms with van der Waals surface area (Å²) in [4.78, 5) is 0. The molecule has 0 fully saturated rings. The highest BCUT2D eigenvalue weighted by Gasteiger charge is 1.94. The van der Waals surface area contributed by atoms with Gasteiger partial charge in [-0.2, -0.15) is 10.2 Å². The Balaban J connectivity index is 2.21. The van der Waals surface area contributed by atoms with Gasteiger partial charge in [0.05, 0.1) is 11.4 Å². The van der Waals surface area contributed by atoms with Gasteiger partial charge >= 0.3 is 0 Å². The zero-order valence-corrected chi connectivity index (χ0v) is 11.0. The van der Waals surface area contributed by atoms with E-state index in [0.717, 1.165) is 16.9 Å². The van der Waals surface area contributed by atoms with E-state index in [1.807, 2.05) is 55.5 Å². The van der Waals surface area contributed by atoms with Crippen molar-refractivity contribution in [3.63, 3.8) is 0 Å². The van der Waals surface area contributed by atoms with Crippen LogP contribution >= 0.6 is 22.6 Å². The molecule has 0 aromatic heterocycles. The highest BCUT2D eigenvalue weighted by molar-refractivity contribution is 14.1. The summed E-state index contributed by atoms with van der Waals surface area (Å²) in [5.41, 5.74) is 2.93. The number of halogens is 1. The summed E-state index contributed by atoms with van der Waals surface area (Å²) in [6, 6.07) is 15.9. The van der Waals surface area contributed by atoms with Gasteiger partial charge in [0.15, 0.2) is 0 Å². The first-order valence-corrected chi connectivity index (χ1v) is 6.06. The Hall–Kier alpha value is -1.23. The molecule has 0 aliphatic heterocycles. The number of aryl methyl sites for hydroxylation is 1. The number of nitrogens with zero attached hydrogens (tertiary/aromatic N) is 2. The molecule has 0 saturated heterocycles. The standard InChI is InChI=1S/C13H11IN2/c1-10-4-2-3-5-13(10)16-15-12-8-6-11(14)7-9-12/h2-9H,1H3. The second kappa shape index (κ2) is 5.21. The molecule has 16 heavy (non-hydrogen) atoms. The molecular weight excluding hydrogens is 311 g/mol. The second-order valence-electron chi connectivity index (χ2n) is 3.46. The van der Waals surface area contributed by atoms with Crippen LogP contribution in [0.5, 0.6) is 0 Å². The van der Waals surface area contributed by atoms with Crippen LogP contribution in [0, 0.1) is 10.5 Å². The van der Waals surface area contributed by atoms with Crippen LogP contribution in [-0.2, 0) is 0 Å². The summed E-state index contributed by atoms with van der Waals surface area (Å²) in [5.74, 6) is 0. The maximum atomic E-state index is 4.23. The zero-order chi connectivity index (χ0) is 11.4. The summed E-state index contributed by atoms with van der Waals surface area (Å²) in [5, 5.41) is 8.43. The maximum absolute atomic E-state index is 4.23. The first kappa shape index (κ1) is 11.3. The van der Waals surface area contributed by atoms with Crippen LogP contribution < -0.4 is 0 Å². The lowest BCUT2D eigenvalue weighted by Crippen LogP contribution is -1.71. The monoisotopic (exact) mass is 322 g/mol. The van der Waals surface area contributed by atoms with Crippen LogP contribution in [0.4, 0.5) is 11.4 Å². The van der Waals surface area contributed by atoms with Crippen molar-refractivity contribution < 1.29 is 0 Å². The molecule has 0 radical (unpaired) electrons.